The minimum absolute atomic E-state index is 0.0140. The maximum atomic E-state index is 13.3. The molecule has 9 heteroatoms. The molecule has 9 nitrogen and oxygen atoms in total. The molecule has 1 fully saturated rings. The molecule has 0 aromatic heterocycles. The van der Waals surface area contributed by atoms with Gasteiger partial charge in [-0.1, -0.05) is 19.4 Å². The summed E-state index contributed by atoms with van der Waals surface area (Å²) in [5.41, 5.74) is 0.948. The van der Waals surface area contributed by atoms with Crippen LogP contribution in [0.4, 0.5) is 0 Å². The number of unbranched alkanes of at least 4 members (excludes halogenated alkanes) is 1. The van der Waals surface area contributed by atoms with E-state index in [0.29, 0.717) is 60.6 Å². The average Bonchev–Trinajstić information content (AvgIpc) is 3.17. The number of likely N-dealkylation sites (tertiary alicyclic amines) is 1. The Morgan fingerprint density at radius 1 is 1.00 bits per heavy atom. The number of ketones is 1. The number of ether oxygens (including phenoxy) is 5. The Labute approximate surface area is 216 Å². The van der Waals surface area contributed by atoms with Crippen molar-refractivity contribution in [3.8, 4) is 23.0 Å². The van der Waals surface area contributed by atoms with E-state index in [9.17, 15) is 14.7 Å². The second-order valence-corrected chi connectivity index (χ2v) is 8.68. The molecule has 4 rings (SSSR count). The van der Waals surface area contributed by atoms with Gasteiger partial charge in [0.05, 0.1) is 31.4 Å². The van der Waals surface area contributed by atoms with Crippen molar-refractivity contribution >= 4 is 17.4 Å². The normalized spacial score (nSPS) is 18.2. The number of hydrogen-bond acceptors (Lipinski definition) is 8. The van der Waals surface area contributed by atoms with Gasteiger partial charge in [-0.15, -0.1) is 0 Å². The molecule has 0 bridgehead atoms. The molecular weight excluding hydrogens is 478 g/mol. The summed E-state index contributed by atoms with van der Waals surface area (Å²) < 4.78 is 28.1. The molecule has 2 aromatic carbocycles. The summed E-state index contributed by atoms with van der Waals surface area (Å²) >= 11 is 0. The smallest absolute Gasteiger partial charge is 0.295 e. The second kappa shape index (κ2) is 12.0. The number of carbonyl (C=O) groups is 2. The first-order chi connectivity index (χ1) is 18.0. The van der Waals surface area contributed by atoms with Crippen molar-refractivity contribution in [2.45, 2.75) is 32.7 Å². The molecular formula is C28H33NO8. The van der Waals surface area contributed by atoms with E-state index in [1.807, 2.05) is 6.92 Å². The molecule has 0 unspecified atom stereocenters. The lowest BCUT2D eigenvalue weighted by molar-refractivity contribution is -0.140. The summed E-state index contributed by atoms with van der Waals surface area (Å²) in [5, 5.41) is 11.4. The van der Waals surface area contributed by atoms with Crippen LogP contribution in [-0.2, 0) is 14.3 Å². The van der Waals surface area contributed by atoms with Gasteiger partial charge < -0.3 is 33.7 Å². The van der Waals surface area contributed by atoms with Crippen molar-refractivity contribution in [3.63, 3.8) is 0 Å². The molecule has 1 atom stereocenters. The Morgan fingerprint density at radius 2 is 1.78 bits per heavy atom. The largest absolute Gasteiger partial charge is 0.507 e. The highest BCUT2D eigenvalue weighted by Gasteiger charge is 2.46. The first-order valence-corrected chi connectivity index (χ1v) is 12.6. The van der Waals surface area contributed by atoms with Crippen molar-refractivity contribution in [3.05, 3.63) is 53.1 Å². The van der Waals surface area contributed by atoms with Crippen LogP contribution in [0, 0.1) is 0 Å². The number of benzene rings is 2. The van der Waals surface area contributed by atoms with Crippen molar-refractivity contribution < 1.29 is 38.4 Å². The predicted molar refractivity (Wildman–Crippen MR) is 136 cm³/mol. The molecule has 37 heavy (non-hydrogen) atoms. The summed E-state index contributed by atoms with van der Waals surface area (Å²) in [6.07, 6.45) is 1.90. The van der Waals surface area contributed by atoms with Crippen LogP contribution in [0.5, 0.6) is 23.0 Å². The number of methoxy groups -OCH3 is 1. The SMILES string of the molecule is CCCCOc1ccc([C@@H]2C(=C(O)c3ccc4c(c3)OCCO4)C(=O)C(=O)N2CCOC)cc1OCC. The molecule has 2 aliphatic rings. The number of rotatable bonds is 11. The lowest BCUT2D eigenvalue weighted by Gasteiger charge is -2.26. The predicted octanol–water partition coefficient (Wildman–Crippen LogP) is 4.10. The van der Waals surface area contributed by atoms with Crippen molar-refractivity contribution in [2.24, 2.45) is 0 Å². The third-order valence-electron chi connectivity index (χ3n) is 6.23. The topological polar surface area (TPSA) is 104 Å². The highest BCUT2D eigenvalue weighted by atomic mass is 16.6. The zero-order chi connectivity index (χ0) is 26.4. The summed E-state index contributed by atoms with van der Waals surface area (Å²) in [6, 6.07) is 9.41. The third kappa shape index (κ3) is 5.51. The lowest BCUT2D eigenvalue weighted by Crippen LogP contribution is -2.32. The fourth-order valence-electron chi connectivity index (χ4n) is 4.40. The van der Waals surface area contributed by atoms with Crippen LogP contribution in [0.25, 0.3) is 5.76 Å². The molecule has 1 N–H and O–H groups in total. The number of nitrogens with zero attached hydrogens (tertiary/aromatic N) is 1. The number of aliphatic hydroxyl groups excluding tert-OH is 1. The standard InChI is InChI=1S/C28H33NO8/c1-4-6-12-35-20-9-7-18(16-22(20)34-5-2)25-24(27(31)28(32)29(25)11-13-33-3)26(30)19-8-10-21-23(17-19)37-15-14-36-21/h7-10,16-17,25,30H,4-6,11-15H2,1-3H3/t25-/m1/s1. The van der Waals surface area contributed by atoms with Crippen LogP contribution in [0.3, 0.4) is 0 Å². The van der Waals surface area contributed by atoms with E-state index in [1.54, 1.807) is 36.4 Å². The van der Waals surface area contributed by atoms with Crippen molar-refractivity contribution in [1.29, 1.82) is 0 Å². The number of Topliss-reactive ketones (excluding diaryl/α,β-unsaturated/α-hetero) is 1. The molecule has 2 heterocycles. The second-order valence-electron chi connectivity index (χ2n) is 8.68. The van der Waals surface area contributed by atoms with Gasteiger partial charge in [-0.2, -0.15) is 0 Å². The lowest BCUT2D eigenvalue weighted by atomic mass is 9.94. The molecule has 1 saturated heterocycles. The Kier molecular flexibility index (Phi) is 8.55. The van der Waals surface area contributed by atoms with E-state index in [1.165, 1.54) is 12.0 Å². The van der Waals surface area contributed by atoms with E-state index < -0.39 is 17.7 Å². The average molecular weight is 512 g/mol. The molecule has 1 amide bonds. The van der Waals surface area contributed by atoms with Gasteiger partial charge >= 0.3 is 0 Å². The van der Waals surface area contributed by atoms with E-state index in [-0.39, 0.29) is 24.5 Å². The van der Waals surface area contributed by atoms with Gasteiger partial charge in [-0.05, 0) is 49.2 Å². The third-order valence-corrected chi connectivity index (χ3v) is 6.23. The van der Waals surface area contributed by atoms with E-state index in [0.717, 1.165) is 12.8 Å². The Bertz CT molecular complexity index is 1170. The number of amides is 1. The van der Waals surface area contributed by atoms with Crippen LogP contribution in [0.2, 0.25) is 0 Å². The molecule has 2 aromatic rings. The molecule has 0 aliphatic carbocycles. The monoisotopic (exact) mass is 511 g/mol. The van der Waals surface area contributed by atoms with E-state index >= 15 is 0 Å². The van der Waals surface area contributed by atoms with Gasteiger partial charge in [0.25, 0.3) is 11.7 Å². The van der Waals surface area contributed by atoms with Crippen LogP contribution >= 0.6 is 0 Å². The zero-order valence-corrected chi connectivity index (χ0v) is 21.5. The maximum absolute atomic E-state index is 13.3. The first-order valence-electron chi connectivity index (χ1n) is 12.6. The minimum Gasteiger partial charge on any atom is -0.507 e. The fraction of sp³-hybridized carbons (Fsp3) is 0.429. The summed E-state index contributed by atoms with van der Waals surface area (Å²) in [4.78, 5) is 27.8. The first kappa shape index (κ1) is 26.3. The van der Waals surface area contributed by atoms with E-state index in [2.05, 4.69) is 6.92 Å². The highest BCUT2D eigenvalue weighted by molar-refractivity contribution is 6.46. The Balaban J connectivity index is 1.80. The van der Waals surface area contributed by atoms with Gasteiger partial charge in [0, 0.05) is 19.2 Å². The van der Waals surface area contributed by atoms with Crippen LogP contribution in [-0.4, -0.2) is 68.4 Å². The van der Waals surface area contributed by atoms with Gasteiger partial charge in [0.1, 0.15) is 19.0 Å². The van der Waals surface area contributed by atoms with Gasteiger partial charge in [-0.3, -0.25) is 9.59 Å². The minimum atomic E-state index is -0.841. The summed E-state index contributed by atoms with van der Waals surface area (Å²) in [5.74, 6) is 0.346. The highest BCUT2D eigenvalue weighted by Crippen LogP contribution is 2.43. The fourth-order valence-corrected chi connectivity index (χ4v) is 4.40. The summed E-state index contributed by atoms with van der Waals surface area (Å²) in [6.45, 7) is 6.12. The Hall–Kier alpha value is -3.72. The zero-order valence-electron chi connectivity index (χ0n) is 21.5. The Morgan fingerprint density at radius 3 is 2.51 bits per heavy atom. The number of carbonyl (C=O) groups excluding carboxylic acids is 2. The van der Waals surface area contributed by atoms with Crippen molar-refractivity contribution in [1.82, 2.24) is 4.90 Å². The maximum Gasteiger partial charge on any atom is 0.295 e. The van der Waals surface area contributed by atoms with Gasteiger partial charge in [-0.25, -0.2) is 0 Å². The molecule has 0 radical (unpaired) electrons. The number of fused-ring (bicyclic) bond motifs is 1. The van der Waals surface area contributed by atoms with Crippen LogP contribution in [0.15, 0.2) is 42.0 Å². The van der Waals surface area contributed by atoms with E-state index in [4.69, 9.17) is 23.7 Å². The molecule has 2 aliphatic heterocycles. The van der Waals surface area contributed by atoms with Gasteiger partial charge in [0.2, 0.25) is 0 Å². The molecule has 198 valence electrons. The number of hydrogen-bond donors (Lipinski definition) is 1. The molecule has 0 spiro atoms. The van der Waals surface area contributed by atoms with Crippen LogP contribution in [0.1, 0.15) is 43.9 Å². The summed E-state index contributed by atoms with van der Waals surface area (Å²) in [7, 11) is 1.52. The van der Waals surface area contributed by atoms with Gasteiger partial charge in [0.15, 0.2) is 23.0 Å². The quantitative estimate of drug-likeness (QED) is 0.208. The molecule has 0 saturated carbocycles. The van der Waals surface area contributed by atoms with Crippen LogP contribution < -0.4 is 18.9 Å². The number of aliphatic hydroxyl groups is 1. The van der Waals surface area contributed by atoms with Crippen molar-refractivity contribution in [2.75, 3.05) is 46.7 Å².